The molecule has 3 rings (SSSR count). The summed E-state index contributed by atoms with van der Waals surface area (Å²) >= 11 is 0. The third-order valence-corrected chi connectivity index (χ3v) is 4.63. The highest BCUT2D eigenvalue weighted by atomic mass is 19.1. The topological polar surface area (TPSA) is 53.9 Å². The number of halogens is 1. The van der Waals surface area contributed by atoms with E-state index in [4.69, 9.17) is 4.84 Å². The number of nitrogens with zero attached hydrogens (tertiary/aromatic N) is 2. The van der Waals surface area contributed by atoms with Crippen LogP contribution in [-0.4, -0.2) is 34.8 Å². The second-order valence-electron chi connectivity index (χ2n) is 8.49. The van der Waals surface area contributed by atoms with Gasteiger partial charge in [0, 0.05) is 17.5 Å². The van der Waals surface area contributed by atoms with E-state index < -0.39 is 5.54 Å². The number of rotatable bonds is 5. The Morgan fingerprint density at radius 3 is 2.55 bits per heavy atom. The van der Waals surface area contributed by atoms with Crippen LogP contribution in [-0.2, 0) is 11.4 Å². The summed E-state index contributed by atoms with van der Waals surface area (Å²) in [6, 6.07) is 14.3. The number of aryl methyl sites for hydroxylation is 1. The molecule has 5 nitrogen and oxygen atoms in total. The molecule has 0 fully saturated rings. The molecule has 0 aromatic heterocycles. The second-order valence-corrected chi connectivity index (χ2v) is 8.49. The first-order valence-electron chi connectivity index (χ1n) is 9.81. The lowest BCUT2D eigenvalue weighted by molar-refractivity contribution is 0.0578. The molecule has 2 aromatic rings. The molecule has 29 heavy (non-hydrogen) atoms. The number of carbonyl (C=O) groups excluding carboxylic acids is 1. The molecule has 1 aliphatic rings. The van der Waals surface area contributed by atoms with Crippen LogP contribution in [0.15, 0.2) is 53.7 Å². The van der Waals surface area contributed by atoms with Crippen LogP contribution < -0.4 is 5.32 Å². The Balaban J connectivity index is 1.71. The zero-order chi connectivity index (χ0) is 21.0. The lowest BCUT2D eigenvalue weighted by atomic mass is 10.0. The molecular formula is C23H28FN3O2. The van der Waals surface area contributed by atoms with E-state index in [0.29, 0.717) is 18.5 Å². The molecule has 1 aliphatic heterocycles. The Morgan fingerprint density at radius 2 is 1.90 bits per heavy atom. The average molecular weight is 397 g/mol. The summed E-state index contributed by atoms with van der Waals surface area (Å²) in [7, 11) is 0. The fraction of sp³-hybridized carbons (Fsp3) is 0.391. The van der Waals surface area contributed by atoms with Crippen LogP contribution in [0.1, 0.15) is 43.9 Å². The van der Waals surface area contributed by atoms with Crippen molar-refractivity contribution in [1.82, 2.24) is 10.2 Å². The van der Waals surface area contributed by atoms with Crippen molar-refractivity contribution >= 4 is 11.7 Å². The molecule has 1 heterocycles. The smallest absolute Gasteiger partial charge is 0.318 e. The van der Waals surface area contributed by atoms with Gasteiger partial charge in [-0.3, -0.25) is 0 Å². The molecule has 6 heteroatoms. The van der Waals surface area contributed by atoms with E-state index in [1.807, 2.05) is 52.0 Å². The minimum atomic E-state index is -0.398. The third kappa shape index (κ3) is 5.79. The van der Waals surface area contributed by atoms with Crippen LogP contribution in [0.5, 0.6) is 0 Å². The van der Waals surface area contributed by atoms with Gasteiger partial charge in [-0.15, -0.1) is 0 Å². The lowest BCUT2D eigenvalue weighted by Gasteiger charge is -2.29. The van der Waals surface area contributed by atoms with Crippen LogP contribution in [0.25, 0.3) is 0 Å². The number of hydrogen-bond donors (Lipinski definition) is 1. The van der Waals surface area contributed by atoms with E-state index in [0.717, 1.165) is 11.3 Å². The first kappa shape index (κ1) is 20.8. The fourth-order valence-corrected chi connectivity index (χ4v) is 3.14. The number of amides is 2. The van der Waals surface area contributed by atoms with Crippen molar-refractivity contribution < 1.29 is 14.0 Å². The number of hydrogen-bond acceptors (Lipinski definition) is 3. The molecule has 0 bridgehead atoms. The summed E-state index contributed by atoms with van der Waals surface area (Å²) in [5.74, 6) is -0.329. The van der Waals surface area contributed by atoms with Crippen LogP contribution >= 0.6 is 0 Å². The predicted molar refractivity (Wildman–Crippen MR) is 112 cm³/mol. The van der Waals surface area contributed by atoms with Gasteiger partial charge in [-0.2, -0.15) is 0 Å². The van der Waals surface area contributed by atoms with Crippen molar-refractivity contribution in [2.24, 2.45) is 5.16 Å². The number of carbonyl (C=O) groups is 1. The van der Waals surface area contributed by atoms with Crippen molar-refractivity contribution in [3.8, 4) is 0 Å². The standard InChI is InChI=1S/C23H28FN3O2/c1-16-9-11-17(12-10-16)21-13-19(29-26-21)15-27(22(28)25-23(2,3)4)14-18-7-5-6-8-20(18)24/h5-12,19H,13-15H2,1-4H3,(H,25,28)/t19-/m0/s1. The summed E-state index contributed by atoms with van der Waals surface area (Å²) in [5.41, 5.74) is 3.12. The van der Waals surface area contributed by atoms with Crippen molar-refractivity contribution in [2.45, 2.75) is 52.3 Å². The van der Waals surface area contributed by atoms with Gasteiger partial charge in [-0.25, -0.2) is 9.18 Å². The van der Waals surface area contributed by atoms with E-state index in [-0.39, 0.29) is 24.5 Å². The van der Waals surface area contributed by atoms with Crippen molar-refractivity contribution in [3.05, 3.63) is 71.0 Å². The summed E-state index contributed by atoms with van der Waals surface area (Å²) in [4.78, 5) is 20.0. The van der Waals surface area contributed by atoms with E-state index >= 15 is 0 Å². The van der Waals surface area contributed by atoms with E-state index in [2.05, 4.69) is 10.5 Å². The van der Waals surface area contributed by atoms with Gasteiger partial charge >= 0.3 is 6.03 Å². The average Bonchev–Trinajstić information content (AvgIpc) is 3.10. The van der Waals surface area contributed by atoms with E-state index in [9.17, 15) is 9.18 Å². The highest BCUT2D eigenvalue weighted by Crippen LogP contribution is 2.20. The Morgan fingerprint density at radius 1 is 1.21 bits per heavy atom. The molecule has 0 spiro atoms. The van der Waals surface area contributed by atoms with Gasteiger partial charge in [-0.05, 0) is 39.3 Å². The van der Waals surface area contributed by atoms with Gasteiger partial charge in [0.2, 0.25) is 0 Å². The summed E-state index contributed by atoms with van der Waals surface area (Å²) in [6.07, 6.45) is 0.323. The first-order valence-corrected chi connectivity index (χ1v) is 9.81. The summed E-state index contributed by atoms with van der Waals surface area (Å²) in [5, 5.41) is 7.17. The van der Waals surface area contributed by atoms with Gasteiger partial charge < -0.3 is 15.1 Å². The Hall–Kier alpha value is -2.89. The minimum Gasteiger partial charge on any atom is -0.390 e. The molecule has 154 valence electrons. The van der Waals surface area contributed by atoms with E-state index in [1.165, 1.54) is 11.6 Å². The molecule has 0 unspecified atom stereocenters. The number of oxime groups is 1. The van der Waals surface area contributed by atoms with Crippen molar-refractivity contribution in [3.63, 3.8) is 0 Å². The zero-order valence-corrected chi connectivity index (χ0v) is 17.4. The summed E-state index contributed by atoms with van der Waals surface area (Å²) < 4.78 is 14.2. The van der Waals surface area contributed by atoms with Crippen molar-refractivity contribution in [1.29, 1.82) is 0 Å². The highest BCUT2D eigenvalue weighted by molar-refractivity contribution is 6.01. The quantitative estimate of drug-likeness (QED) is 0.799. The highest BCUT2D eigenvalue weighted by Gasteiger charge is 2.28. The minimum absolute atomic E-state index is 0.161. The Kier molecular flexibility index (Phi) is 6.20. The fourth-order valence-electron chi connectivity index (χ4n) is 3.14. The van der Waals surface area contributed by atoms with Crippen LogP contribution in [0.3, 0.4) is 0 Å². The largest absolute Gasteiger partial charge is 0.390 e. The zero-order valence-electron chi connectivity index (χ0n) is 17.4. The summed E-state index contributed by atoms with van der Waals surface area (Å²) in [6.45, 7) is 8.25. The molecular weight excluding hydrogens is 369 g/mol. The lowest BCUT2D eigenvalue weighted by Crippen LogP contribution is -2.50. The van der Waals surface area contributed by atoms with Crippen molar-refractivity contribution in [2.75, 3.05) is 6.54 Å². The normalized spacial score (nSPS) is 16.2. The molecule has 0 radical (unpaired) electrons. The van der Waals surface area contributed by atoms with Gasteiger partial charge in [0.1, 0.15) is 5.82 Å². The Bertz CT molecular complexity index is 888. The van der Waals surface area contributed by atoms with Crippen LogP contribution in [0, 0.1) is 12.7 Å². The molecule has 1 atom stereocenters. The number of benzene rings is 2. The molecule has 1 N–H and O–H groups in total. The molecule has 0 saturated heterocycles. The van der Waals surface area contributed by atoms with Gasteiger partial charge in [-0.1, -0.05) is 53.2 Å². The molecule has 0 aliphatic carbocycles. The molecule has 0 saturated carbocycles. The van der Waals surface area contributed by atoms with E-state index in [1.54, 1.807) is 23.1 Å². The number of nitrogens with one attached hydrogen (secondary N) is 1. The van der Waals surface area contributed by atoms with Gasteiger partial charge in [0.25, 0.3) is 0 Å². The maximum atomic E-state index is 14.2. The third-order valence-electron chi connectivity index (χ3n) is 4.63. The van der Waals surface area contributed by atoms with Gasteiger partial charge in [0.05, 0.1) is 18.8 Å². The first-order chi connectivity index (χ1) is 13.7. The van der Waals surface area contributed by atoms with Gasteiger partial charge in [0.15, 0.2) is 6.10 Å². The molecule has 2 aromatic carbocycles. The maximum absolute atomic E-state index is 14.2. The maximum Gasteiger partial charge on any atom is 0.318 e. The SMILES string of the molecule is Cc1ccc(C2=NO[C@H](CN(Cc3ccccc3F)C(=O)NC(C)(C)C)C2)cc1. The Labute approximate surface area is 171 Å². The monoisotopic (exact) mass is 397 g/mol. The second kappa shape index (κ2) is 8.64. The van der Waals surface area contributed by atoms with Crippen LogP contribution in [0.4, 0.5) is 9.18 Å². The molecule has 2 amide bonds. The van der Waals surface area contributed by atoms with Crippen LogP contribution in [0.2, 0.25) is 0 Å². The predicted octanol–water partition coefficient (Wildman–Crippen LogP) is 4.64. The number of urea groups is 1.